The van der Waals surface area contributed by atoms with Crippen LogP contribution in [0.15, 0.2) is 42.7 Å². The van der Waals surface area contributed by atoms with Gasteiger partial charge >= 0.3 is 5.97 Å². The summed E-state index contributed by atoms with van der Waals surface area (Å²) in [5.74, 6) is -0.177. The molecule has 4 aromatic rings. The predicted octanol–water partition coefficient (Wildman–Crippen LogP) is 6.14. The van der Waals surface area contributed by atoms with Crippen LogP contribution in [-0.2, 0) is 11.3 Å². The van der Waals surface area contributed by atoms with Gasteiger partial charge in [-0.15, -0.1) is 0 Å². The monoisotopic (exact) mass is 565 g/mol. The van der Waals surface area contributed by atoms with Crippen molar-refractivity contribution in [2.45, 2.75) is 45.3 Å². The molecule has 1 fully saturated rings. The Labute approximate surface area is 234 Å². The van der Waals surface area contributed by atoms with Crippen LogP contribution < -0.4 is 9.47 Å². The zero-order valence-corrected chi connectivity index (χ0v) is 22.8. The number of hydrogen-bond donors (Lipinski definition) is 1. The maximum Gasteiger partial charge on any atom is 0.306 e. The summed E-state index contributed by atoms with van der Waals surface area (Å²) >= 11 is 13.1. The maximum atomic E-state index is 11.2. The third-order valence-corrected chi connectivity index (χ3v) is 7.37. The number of nitriles is 1. The molecule has 2 heterocycles. The fraction of sp³-hybridized carbons (Fsp3) is 0.321. The van der Waals surface area contributed by atoms with Gasteiger partial charge in [0.2, 0.25) is 5.88 Å². The number of carbonyl (C=O) groups is 1. The molecule has 200 valence electrons. The van der Waals surface area contributed by atoms with Crippen LogP contribution in [0.3, 0.4) is 0 Å². The highest BCUT2D eigenvalue weighted by atomic mass is 35.5. The molecule has 5 rings (SSSR count). The van der Waals surface area contributed by atoms with Gasteiger partial charge in [0, 0.05) is 10.6 Å². The lowest BCUT2D eigenvalue weighted by Crippen LogP contribution is -2.13. The summed E-state index contributed by atoms with van der Waals surface area (Å²) in [6.45, 7) is 4.07. The Kier molecular flexibility index (Phi) is 7.34. The number of fused-ring (bicyclic) bond motifs is 1. The lowest BCUT2D eigenvalue weighted by molar-refractivity contribution is -0.141. The molecule has 0 aliphatic heterocycles. The highest BCUT2D eigenvalue weighted by molar-refractivity contribution is 6.34. The number of halogens is 2. The second-order valence-corrected chi connectivity index (χ2v) is 10.6. The second kappa shape index (κ2) is 10.7. The minimum Gasteiger partial charge on any atom is -0.492 e. The van der Waals surface area contributed by atoms with E-state index in [2.05, 4.69) is 16.0 Å². The lowest BCUT2D eigenvalue weighted by Gasteiger charge is -2.14. The van der Waals surface area contributed by atoms with Crippen LogP contribution in [0.25, 0.3) is 22.6 Å². The molecule has 0 radical (unpaired) electrons. The number of aliphatic carboxylic acids is 1. The maximum absolute atomic E-state index is 11.2. The molecule has 1 aliphatic rings. The summed E-state index contributed by atoms with van der Waals surface area (Å²) in [7, 11) is 0. The first-order chi connectivity index (χ1) is 18.7. The van der Waals surface area contributed by atoms with E-state index in [0.717, 1.165) is 12.8 Å². The van der Waals surface area contributed by atoms with Gasteiger partial charge in [0.1, 0.15) is 23.5 Å². The van der Waals surface area contributed by atoms with Gasteiger partial charge < -0.3 is 19.1 Å². The average Bonchev–Trinajstić information content (AvgIpc) is 3.52. The van der Waals surface area contributed by atoms with Gasteiger partial charge in [-0.1, -0.05) is 36.2 Å². The summed E-state index contributed by atoms with van der Waals surface area (Å²) in [6, 6.07) is 12.6. The summed E-state index contributed by atoms with van der Waals surface area (Å²) in [5.41, 5.74) is 2.43. The standard InChI is InChI=1S/C28H25Cl2N5O4/c1-16(27(36)37)8-11-38-21-5-3-4-20(22(21)30)24-34-23-25(32-15-33-26(23)39-28(2)9-10-28)35(24)14-18-12-19(29)7-6-17(18)13-31/h3-7,12,15-16H,8-11,14H2,1-2H3,(H,36,37)/t16-/m0/s1. The summed E-state index contributed by atoms with van der Waals surface area (Å²) in [5, 5.41) is 19.7. The van der Waals surface area contributed by atoms with Crippen LogP contribution in [0.1, 0.15) is 44.2 Å². The number of ether oxygens (including phenoxy) is 2. The number of carboxylic acids is 1. The first-order valence-electron chi connectivity index (χ1n) is 12.4. The van der Waals surface area contributed by atoms with Gasteiger partial charge in [-0.05, 0) is 62.1 Å². The van der Waals surface area contributed by atoms with E-state index >= 15 is 0 Å². The fourth-order valence-corrected chi connectivity index (χ4v) is 4.55. The molecule has 1 aliphatic carbocycles. The van der Waals surface area contributed by atoms with E-state index in [1.54, 1.807) is 37.3 Å². The van der Waals surface area contributed by atoms with Crippen LogP contribution in [0, 0.1) is 17.2 Å². The Morgan fingerprint density at radius 1 is 1.26 bits per heavy atom. The van der Waals surface area contributed by atoms with Crippen molar-refractivity contribution in [3.05, 3.63) is 63.9 Å². The third kappa shape index (κ3) is 5.63. The molecule has 1 N–H and O–H groups in total. The molecule has 0 bridgehead atoms. The van der Waals surface area contributed by atoms with Crippen LogP contribution in [0.2, 0.25) is 10.0 Å². The van der Waals surface area contributed by atoms with Crippen LogP contribution >= 0.6 is 23.2 Å². The Morgan fingerprint density at radius 3 is 2.77 bits per heavy atom. The number of aromatic nitrogens is 4. The van der Waals surface area contributed by atoms with Crippen LogP contribution in [0.4, 0.5) is 0 Å². The van der Waals surface area contributed by atoms with Crippen LogP contribution in [0.5, 0.6) is 11.6 Å². The molecule has 2 aromatic carbocycles. The Bertz CT molecular complexity index is 1610. The number of nitrogens with zero attached hydrogens (tertiary/aromatic N) is 5. The first kappa shape index (κ1) is 26.7. The molecule has 0 unspecified atom stereocenters. The zero-order valence-electron chi connectivity index (χ0n) is 21.3. The molecule has 39 heavy (non-hydrogen) atoms. The minimum atomic E-state index is -0.885. The molecular formula is C28H25Cl2N5O4. The smallest absolute Gasteiger partial charge is 0.306 e. The Hall–Kier alpha value is -3.87. The molecule has 1 saturated carbocycles. The largest absolute Gasteiger partial charge is 0.492 e. The van der Waals surface area contributed by atoms with Crippen molar-refractivity contribution >= 4 is 40.3 Å². The molecule has 11 heteroatoms. The van der Waals surface area contributed by atoms with Gasteiger partial charge in [-0.2, -0.15) is 10.2 Å². The topological polar surface area (TPSA) is 123 Å². The van der Waals surface area contributed by atoms with Gasteiger partial charge in [0.15, 0.2) is 11.2 Å². The quantitative estimate of drug-likeness (QED) is 0.243. The Morgan fingerprint density at radius 2 is 2.05 bits per heavy atom. The first-order valence-corrected chi connectivity index (χ1v) is 13.2. The van der Waals surface area contributed by atoms with Crippen LogP contribution in [-0.4, -0.2) is 42.8 Å². The number of benzene rings is 2. The molecule has 1 atom stereocenters. The molecular weight excluding hydrogens is 541 g/mol. The second-order valence-electron chi connectivity index (χ2n) is 9.83. The summed E-state index contributed by atoms with van der Waals surface area (Å²) < 4.78 is 13.9. The fourth-order valence-electron chi connectivity index (χ4n) is 4.09. The molecule has 0 amide bonds. The van der Waals surface area contributed by atoms with E-state index in [9.17, 15) is 10.1 Å². The van der Waals surface area contributed by atoms with E-state index in [1.165, 1.54) is 6.33 Å². The van der Waals surface area contributed by atoms with E-state index in [1.807, 2.05) is 17.6 Å². The normalized spacial score (nSPS) is 14.5. The van der Waals surface area contributed by atoms with E-state index in [-0.39, 0.29) is 18.8 Å². The number of hydrogen-bond acceptors (Lipinski definition) is 7. The number of rotatable bonds is 10. The molecule has 2 aromatic heterocycles. The summed E-state index contributed by atoms with van der Waals surface area (Å²) in [6.07, 6.45) is 3.60. The Balaban J connectivity index is 1.61. The predicted molar refractivity (Wildman–Crippen MR) is 146 cm³/mol. The number of carboxylic acid groups (broad SMARTS) is 1. The zero-order chi connectivity index (χ0) is 27.7. The van der Waals surface area contributed by atoms with Crippen molar-refractivity contribution < 1.29 is 19.4 Å². The van der Waals surface area contributed by atoms with Crippen molar-refractivity contribution in [3.63, 3.8) is 0 Å². The van der Waals surface area contributed by atoms with Crippen molar-refractivity contribution in [2.75, 3.05) is 6.61 Å². The van der Waals surface area contributed by atoms with E-state index < -0.39 is 11.9 Å². The summed E-state index contributed by atoms with van der Waals surface area (Å²) in [4.78, 5) is 24.9. The van der Waals surface area contributed by atoms with E-state index in [0.29, 0.717) is 61.8 Å². The highest BCUT2D eigenvalue weighted by Crippen LogP contribution is 2.42. The molecule has 9 nitrogen and oxygen atoms in total. The van der Waals surface area contributed by atoms with Gasteiger partial charge in [-0.3, -0.25) is 4.79 Å². The highest BCUT2D eigenvalue weighted by Gasteiger charge is 2.41. The van der Waals surface area contributed by atoms with Crippen molar-refractivity contribution in [1.29, 1.82) is 5.26 Å². The van der Waals surface area contributed by atoms with Gasteiger partial charge in [0.05, 0.1) is 35.7 Å². The van der Waals surface area contributed by atoms with Crippen molar-refractivity contribution in [1.82, 2.24) is 19.5 Å². The SMILES string of the molecule is C[C@@H](CCOc1cccc(-c2nc3c(OC4(C)CC4)ncnc3n2Cc2cc(Cl)ccc2C#N)c1Cl)C(=O)O. The van der Waals surface area contributed by atoms with Gasteiger partial charge in [-0.25, -0.2) is 9.97 Å². The van der Waals surface area contributed by atoms with Crippen molar-refractivity contribution in [3.8, 4) is 29.1 Å². The third-order valence-electron chi connectivity index (χ3n) is 6.75. The average molecular weight is 566 g/mol. The molecule has 0 spiro atoms. The molecule has 0 saturated heterocycles. The lowest BCUT2D eigenvalue weighted by atomic mass is 10.1. The van der Waals surface area contributed by atoms with Gasteiger partial charge in [0.25, 0.3) is 0 Å². The van der Waals surface area contributed by atoms with E-state index in [4.69, 9.17) is 42.8 Å². The minimum absolute atomic E-state index is 0.184. The van der Waals surface area contributed by atoms with Crippen molar-refractivity contribution in [2.24, 2.45) is 5.92 Å². The number of imidazole rings is 1.